The van der Waals surface area contributed by atoms with Gasteiger partial charge >= 0.3 is 0 Å². The van der Waals surface area contributed by atoms with E-state index in [4.69, 9.17) is 5.73 Å². The van der Waals surface area contributed by atoms with E-state index < -0.39 is 0 Å². The van der Waals surface area contributed by atoms with Gasteiger partial charge < -0.3 is 11.1 Å². The molecule has 0 fully saturated rings. The maximum atomic E-state index is 13.7. The van der Waals surface area contributed by atoms with Gasteiger partial charge in [-0.25, -0.2) is 8.78 Å². The lowest BCUT2D eigenvalue weighted by Crippen LogP contribution is -2.07. The Morgan fingerprint density at radius 2 is 1.56 bits per heavy atom. The van der Waals surface area contributed by atoms with Gasteiger partial charge in [-0.15, -0.1) is 0 Å². The van der Waals surface area contributed by atoms with Crippen LogP contribution < -0.4 is 11.1 Å². The molecule has 2 nitrogen and oxygen atoms in total. The van der Waals surface area contributed by atoms with Crippen LogP contribution in [0.1, 0.15) is 5.56 Å². The topological polar surface area (TPSA) is 38.0 Å². The molecule has 18 heavy (non-hydrogen) atoms. The fourth-order valence-electron chi connectivity index (χ4n) is 1.78. The lowest BCUT2D eigenvalue weighted by molar-refractivity contribution is 0.610. The first kappa shape index (κ1) is 12.5. The third-order valence-corrected chi connectivity index (χ3v) is 2.66. The number of nitrogens with two attached hydrogens (primary N) is 1. The van der Waals surface area contributed by atoms with Crippen LogP contribution in [-0.4, -0.2) is 6.54 Å². The number of anilines is 2. The zero-order chi connectivity index (χ0) is 13.0. The SMILES string of the molecule is NCCc1c(F)cccc1Nc1ccccc1F. The van der Waals surface area contributed by atoms with Crippen LogP contribution in [0.2, 0.25) is 0 Å². The molecule has 0 heterocycles. The minimum Gasteiger partial charge on any atom is -0.353 e. The first-order valence-electron chi connectivity index (χ1n) is 5.71. The molecule has 0 bridgehead atoms. The molecule has 0 aromatic heterocycles. The van der Waals surface area contributed by atoms with E-state index in [2.05, 4.69) is 5.32 Å². The van der Waals surface area contributed by atoms with Crippen molar-refractivity contribution in [3.8, 4) is 0 Å². The summed E-state index contributed by atoms with van der Waals surface area (Å²) in [5.74, 6) is -0.706. The zero-order valence-corrected chi connectivity index (χ0v) is 9.79. The van der Waals surface area contributed by atoms with Crippen LogP contribution in [-0.2, 0) is 6.42 Å². The number of rotatable bonds is 4. The van der Waals surface area contributed by atoms with Crippen molar-refractivity contribution < 1.29 is 8.78 Å². The fourth-order valence-corrected chi connectivity index (χ4v) is 1.78. The number of nitrogens with one attached hydrogen (secondary N) is 1. The molecule has 0 aliphatic heterocycles. The Morgan fingerprint density at radius 3 is 2.28 bits per heavy atom. The molecular formula is C14H14F2N2. The summed E-state index contributed by atoms with van der Waals surface area (Å²) >= 11 is 0. The predicted octanol–water partition coefficient (Wildman–Crippen LogP) is 3.21. The van der Waals surface area contributed by atoms with Gasteiger partial charge in [0, 0.05) is 11.3 Å². The Hall–Kier alpha value is -1.94. The van der Waals surface area contributed by atoms with Crippen LogP contribution >= 0.6 is 0 Å². The van der Waals surface area contributed by atoms with Crippen molar-refractivity contribution in [3.63, 3.8) is 0 Å². The average Bonchev–Trinajstić information content (AvgIpc) is 2.36. The normalized spacial score (nSPS) is 10.4. The third kappa shape index (κ3) is 2.65. The highest BCUT2D eigenvalue weighted by atomic mass is 19.1. The Kier molecular flexibility index (Phi) is 3.89. The van der Waals surface area contributed by atoms with Crippen molar-refractivity contribution in [1.82, 2.24) is 0 Å². The molecule has 0 radical (unpaired) electrons. The van der Waals surface area contributed by atoms with Gasteiger partial charge in [0.1, 0.15) is 11.6 Å². The molecule has 0 amide bonds. The van der Waals surface area contributed by atoms with Crippen molar-refractivity contribution in [2.75, 3.05) is 11.9 Å². The standard InChI is InChI=1S/C14H14F2N2/c15-11-5-3-7-13(10(11)8-9-17)18-14-6-2-1-4-12(14)16/h1-7,18H,8-9,17H2. The molecule has 94 valence electrons. The molecule has 0 unspecified atom stereocenters. The smallest absolute Gasteiger partial charge is 0.146 e. The van der Waals surface area contributed by atoms with Gasteiger partial charge in [0.05, 0.1) is 5.69 Å². The van der Waals surface area contributed by atoms with Crippen LogP contribution in [0.4, 0.5) is 20.2 Å². The van der Waals surface area contributed by atoms with E-state index in [1.807, 2.05) is 0 Å². The molecule has 0 aliphatic carbocycles. The number of para-hydroxylation sites is 1. The first-order chi connectivity index (χ1) is 8.72. The summed E-state index contributed by atoms with van der Waals surface area (Å²) in [4.78, 5) is 0. The summed E-state index contributed by atoms with van der Waals surface area (Å²) in [5.41, 5.74) is 6.80. The van der Waals surface area contributed by atoms with Crippen molar-refractivity contribution in [2.24, 2.45) is 5.73 Å². The number of hydrogen-bond donors (Lipinski definition) is 2. The van der Waals surface area contributed by atoms with Crippen molar-refractivity contribution in [3.05, 3.63) is 59.7 Å². The van der Waals surface area contributed by atoms with Gasteiger partial charge in [-0.3, -0.25) is 0 Å². The van der Waals surface area contributed by atoms with Crippen LogP contribution in [0, 0.1) is 11.6 Å². The maximum Gasteiger partial charge on any atom is 0.146 e. The van der Waals surface area contributed by atoms with Gasteiger partial charge in [-0.2, -0.15) is 0 Å². The van der Waals surface area contributed by atoms with Gasteiger partial charge in [0.25, 0.3) is 0 Å². The lowest BCUT2D eigenvalue weighted by Gasteiger charge is -2.12. The summed E-state index contributed by atoms with van der Waals surface area (Å²) in [6.45, 7) is 0.340. The van der Waals surface area contributed by atoms with Crippen LogP contribution in [0.5, 0.6) is 0 Å². The molecule has 0 aliphatic rings. The molecule has 0 saturated carbocycles. The fraction of sp³-hybridized carbons (Fsp3) is 0.143. The highest BCUT2D eigenvalue weighted by Gasteiger charge is 2.09. The summed E-state index contributed by atoms with van der Waals surface area (Å²) in [6, 6.07) is 10.9. The second kappa shape index (κ2) is 5.60. The minimum atomic E-state index is -0.375. The largest absolute Gasteiger partial charge is 0.353 e. The summed E-state index contributed by atoms with van der Waals surface area (Å²) < 4.78 is 27.2. The van der Waals surface area contributed by atoms with E-state index in [0.717, 1.165) is 0 Å². The quantitative estimate of drug-likeness (QED) is 0.872. The monoisotopic (exact) mass is 248 g/mol. The minimum absolute atomic E-state index is 0.321. The molecule has 2 aromatic carbocycles. The molecule has 2 rings (SSSR count). The zero-order valence-electron chi connectivity index (χ0n) is 9.79. The van der Waals surface area contributed by atoms with E-state index in [9.17, 15) is 8.78 Å². The van der Waals surface area contributed by atoms with Crippen molar-refractivity contribution in [1.29, 1.82) is 0 Å². The van der Waals surface area contributed by atoms with Gasteiger partial charge in [-0.1, -0.05) is 18.2 Å². The Balaban J connectivity index is 2.34. The second-order valence-electron chi connectivity index (χ2n) is 3.91. The van der Waals surface area contributed by atoms with E-state index >= 15 is 0 Å². The Morgan fingerprint density at radius 1 is 0.889 bits per heavy atom. The highest BCUT2D eigenvalue weighted by molar-refractivity contribution is 5.63. The maximum absolute atomic E-state index is 13.7. The summed E-state index contributed by atoms with van der Waals surface area (Å²) in [5, 5.41) is 2.90. The third-order valence-electron chi connectivity index (χ3n) is 2.66. The molecule has 4 heteroatoms. The van der Waals surface area contributed by atoms with Crippen molar-refractivity contribution >= 4 is 11.4 Å². The van der Waals surface area contributed by atoms with Crippen molar-refractivity contribution in [2.45, 2.75) is 6.42 Å². The molecule has 0 atom stereocenters. The predicted molar refractivity (Wildman–Crippen MR) is 68.8 cm³/mol. The van der Waals surface area contributed by atoms with E-state index in [-0.39, 0.29) is 11.6 Å². The highest BCUT2D eigenvalue weighted by Crippen LogP contribution is 2.25. The number of benzene rings is 2. The molecule has 0 spiro atoms. The van der Waals surface area contributed by atoms with Crippen LogP contribution in [0.25, 0.3) is 0 Å². The molecule has 2 aromatic rings. The van der Waals surface area contributed by atoms with E-state index in [1.165, 1.54) is 12.1 Å². The Labute approximate surface area is 104 Å². The van der Waals surface area contributed by atoms with Gasteiger partial charge in [0.2, 0.25) is 0 Å². The van der Waals surface area contributed by atoms with Gasteiger partial charge in [-0.05, 0) is 37.2 Å². The van der Waals surface area contributed by atoms with Crippen LogP contribution in [0.3, 0.4) is 0 Å². The number of halogens is 2. The van der Waals surface area contributed by atoms with E-state index in [1.54, 1.807) is 30.3 Å². The second-order valence-corrected chi connectivity index (χ2v) is 3.91. The van der Waals surface area contributed by atoms with E-state index in [0.29, 0.717) is 29.9 Å². The molecule has 3 N–H and O–H groups in total. The summed E-state index contributed by atoms with van der Waals surface area (Å²) in [6.07, 6.45) is 0.406. The molecular weight excluding hydrogens is 234 g/mol. The van der Waals surface area contributed by atoms with Gasteiger partial charge in [0.15, 0.2) is 0 Å². The Bertz CT molecular complexity index is 541. The average molecular weight is 248 g/mol. The molecule has 0 saturated heterocycles. The lowest BCUT2D eigenvalue weighted by atomic mass is 10.1. The summed E-state index contributed by atoms with van der Waals surface area (Å²) in [7, 11) is 0. The number of hydrogen-bond acceptors (Lipinski definition) is 2. The van der Waals surface area contributed by atoms with Crippen LogP contribution in [0.15, 0.2) is 42.5 Å². The first-order valence-corrected chi connectivity index (χ1v) is 5.71.